The van der Waals surface area contributed by atoms with Crippen molar-refractivity contribution in [3.63, 3.8) is 0 Å². The molecule has 0 amide bonds. The molecule has 0 saturated heterocycles. The number of carboxylic acids is 1. The molecule has 0 unspecified atom stereocenters. The van der Waals surface area contributed by atoms with Crippen molar-refractivity contribution in [2.24, 2.45) is 0 Å². The van der Waals surface area contributed by atoms with Crippen LogP contribution in [0.25, 0.3) is 38.6 Å². The maximum Gasteiger partial charge on any atom is 0.337 e. The van der Waals surface area contributed by atoms with Gasteiger partial charge in [-0.1, -0.05) is 65.7 Å². The van der Waals surface area contributed by atoms with Crippen molar-refractivity contribution in [3.8, 4) is 16.9 Å². The number of rotatable bonds is 3. The Balaban J connectivity index is 1.88. The average Bonchev–Trinajstić information content (AvgIpc) is 3.14. The van der Waals surface area contributed by atoms with E-state index in [2.05, 4.69) is 34.9 Å². The number of aromatic carboxylic acids is 1. The van der Waals surface area contributed by atoms with Crippen LogP contribution in [0.3, 0.4) is 0 Å². The number of hydrogen-bond donors (Lipinski definition) is 1. The van der Waals surface area contributed by atoms with Gasteiger partial charge in [-0.05, 0) is 58.8 Å². The average molecular weight is 432 g/mol. The van der Waals surface area contributed by atoms with Crippen LogP contribution in [0.15, 0.2) is 84.9 Å². The molecule has 0 bridgehead atoms. The third-order valence-corrected chi connectivity index (χ3v) is 5.87. The van der Waals surface area contributed by atoms with E-state index in [1.54, 1.807) is 12.1 Å². The van der Waals surface area contributed by atoms with E-state index in [0.717, 1.165) is 38.6 Å². The fraction of sp³-hybridized carbons (Fsp3) is 0. The van der Waals surface area contributed by atoms with E-state index in [-0.39, 0.29) is 10.6 Å². The Bertz CT molecular complexity index is 1440. The summed E-state index contributed by atoms with van der Waals surface area (Å²) in [5.41, 5.74) is 3.70. The highest BCUT2D eigenvalue weighted by Gasteiger charge is 2.17. The van der Waals surface area contributed by atoms with Crippen molar-refractivity contribution in [2.45, 2.75) is 0 Å². The van der Waals surface area contributed by atoms with Crippen molar-refractivity contribution < 1.29 is 9.90 Å². The van der Waals surface area contributed by atoms with E-state index in [1.165, 1.54) is 0 Å². The number of carbonyl (C=O) groups is 1. The summed E-state index contributed by atoms with van der Waals surface area (Å²) in [5.74, 6) is -1.06. The highest BCUT2D eigenvalue weighted by Crippen LogP contribution is 2.36. The van der Waals surface area contributed by atoms with Gasteiger partial charge in [0.2, 0.25) is 0 Å². The molecule has 1 aromatic heterocycles. The molecule has 146 valence electrons. The molecule has 5 heteroatoms. The van der Waals surface area contributed by atoms with Crippen molar-refractivity contribution in [1.29, 1.82) is 0 Å². The lowest BCUT2D eigenvalue weighted by Gasteiger charge is -2.13. The van der Waals surface area contributed by atoms with Gasteiger partial charge in [-0.3, -0.25) is 0 Å². The van der Waals surface area contributed by atoms with Gasteiger partial charge in [0, 0.05) is 16.1 Å². The lowest BCUT2D eigenvalue weighted by atomic mass is 10.1. The molecular weight excluding hydrogens is 417 g/mol. The molecule has 1 N–H and O–H groups in total. The smallest absolute Gasteiger partial charge is 0.337 e. The van der Waals surface area contributed by atoms with E-state index in [0.29, 0.717) is 5.02 Å². The van der Waals surface area contributed by atoms with Crippen LogP contribution in [0, 0.1) is 0 Å². The number of fused-ring (bicyclic) bond motifs is 3. The third kappa shape index (κ3) is 3.04. The Labute approximate surface area is 182 Å². The predicted molar refractivity (Wildman–Crippen MR) is 123 cm³/mol. The molecule has 1 heterocycles. The quantitative estimate of drug-likeness (QED) is 0.322. The Kier molecular flexibility index (Phi) is 4.50. The van der Waals surface area contributed by atoms with Gasteiger partial charge in [0.05, 0.1) is 21.8 Å². The molecule has 0 aliphatic heterocycles. The Morgan fingerprint density at radius 2 is 1.57 bits per heavy atom. The summed E-state index contributed by atoms with van der Waals surface area (Å²) in [6.45, 7) is 0. The zero-order valence-electron chi connectivity index (χ0n) is 15.6. The molecule has 4 aromatic carbocycles. The van der Waals surface area contributed by atoms with Crippen molar-refractivity contribution >= 4 is 50.8 Å². The van der Waals surface area contributed by atoms with Crippen molar-refractivity contribution in [2.75, 3.05) is 0 Å². The summed E-state index contributed by atoms with van der Waals surface area (Å²) in [5, 5.41) is 13.8. The third-order valence-electron chi connectivity index (χ3n) is 5.29. The first-order valence-corrected chi connectivity index (χ1v) is 10.1. The SMILES string of the molecule is O=C(O)c1cc(-n2c(-c3ccc(Cl)cc3)cc3c4ccccc4ccc32)ccc1Cl. The molecule has 0 spiro atoms. The van der Waals surface area contributed by atoms with E-state index in [4.69, 9.17) is 23.2 Å². The lowest BCUT2D eigenvalue weighted by Crippen LogP contribution is -2.02. The molecule has 3 nitrogen and oxygen atoms in total. The van der Waals surface area contributed by atoms with Crippen LogP contribution in [0.2, 0.25) is 10.0 Å². The fourth-order valence-electron chi connectivity index (χ4n) is 3.89. The first-order valence-electron chi connectivity index (χ1n) is 9.35. The number of halogens is 2. The largest absolute Gasteiger partial charge is 0.478 e. The van der Waals surface area contributed by atoms with Gasteiger partial charge < -0.3 is 9.67 Å². The highest BCUT2D eigenvalue weighted by atomic mass is 35.5. The van der Waals surface area contributed by atoms with Crippen LogP contribution in [-0.4, -0.2) is 15.6 Å². The second-order valence-corrected chi connectivity index (χ2v) is 7.90. The monoisotopic (exact) mass is 431 g/mol. The molecule has 0 saturated carbocycles. The number of benzene rings is 4. The summed E-state index contributed by atoms with van der Waals surface area (Å²) in [6.07, 6.45) is 0. The molecule has 0 aliphatic carbocycles. The van der Waals surface area contributed by atoms with Gasteiger partial charge in [0.25, 0.3) is 0 Å². The van der Waals surface area contributed by atoms with E-state index < -0.39 is 5.97 Å². The van der Waals surface area contributed by atoms with Gasteiger partial charge in [0.1, 0.15) is 0 Å². The van der Waals surface area contributed by atoms with Gasteiger partial charge in [0.15, 0.2) is 0 Å². The van der Waals surface area contributed by atoms with E-state index in [1.807, 2.05) is 42.5 Å². The molecule has 0 aliphatic rings. The predicted octanol–water partition coefficient (Wildman–Crippen LogP) is 7.46. The number of hydrogen-bond acceptors (Lipinski definition) is 1. The van der Waals surface area contributed by atoms with Gasteiger partial charge in [-0.25, -0.2) is 4.79 Å². The van der Waals surface area contributed by atoms with Crippen LogP contribution in [0.4, 0.5) is 0 Å². The molecule has 30 heavy (non-hydrogen) atoms. The molecule has 0 fully saturated rings. The van der Waals surface area contributed by atoms with Crippen LogP contribution < -0.4 is 0 Å². The lowest BCUT2D eigenvalue weighted by molar-refractivity contribution is 0.0697. The zero-order chi connectivity index (χ0) is 20.8. The van der Waals surface area contributed by atoms with Crippen LogP contribution in [0.1, 0.15) is 10.4 Å². The maximum absolute atomic E-state index is 11.7. The van der Waals surface area contributed by atoms with Crippen molar-refractivity contribution in [3.05, 3.63) is 101 Å². The van der Waals surface area contributed by atoms with Crippen LogP contribution >= 0.6 is 23.2 Å². The summed E-state index contributed by atoms with van der Waals surface area (Å²) in [6, 6.07) is 27.2. The van der Waals surface area contributed by atoms with E-state index in [9.17, 15) is 9.90 Å². The number of nitrogens with zero attached hydrogens (tertiary/aromatic N) is 1. The van der Waals surface area contributed by atoms with Gasteiger partial charge >= 0.3 is 5.97 Å². The maximum atomic E-state index is 11.7. The first-order chi connectivity index (χ1) is 14.5. The summed E-state index contributed by atoms with van der Waals surface area (Å²) in [7, 11) is 0. The second-order valence-electron chi connectivity index (χ2n) is 7.06. The Morgan fingerprint density at radius 3 is 2.33 bits per heavy atom. The summed E-state index contributed by atoms with van der Waals surface area (Å²) in [4.78, 5) is 11.7. The van der Waals surface area contributed by atoms with Gasteiger partial charge in [-0.15, -0.1) is 0 Å². The minimum absolute atomic E-state index is 0.0684. The number of carboxylic acid groups (broad SMARTS) is 1. The first kappa shape index (κ1) is 18.7. The van der Waals surface area contributed by atoms with E-state index >= 15 is 0 Å². The number of aromatic nitrogens is 1. The minimum Gasteiger partial charge on any atom is -0.478 e. The van der Waals surface area contributed by atoms with Crippen molar-refractivity contribution in [1.82, 2.24) is 4.57 Å². The molecule has 5 aromatic rings. The normalized spacial score (nSPS) is 11.3. The van der Waals surface area contributed by atoms with Crippen LogP contribution in [-0.2, 0) is 0 Å². The molecule has 5 rings (SSSR count). The Hall–Kier alpha value is -3.27. The molecular formula is C25H15Cl2NO2. The summed E-state index contributed by atoms with van der Waals surface area (Å²) < 4.78 is 2.06. The molecule has 0 atom stereocenters. The standard InChI is InChI=1S/C25H15Cl2NO2/c26-17-8-5-16(6-9-17)24-14-20-19-4-2-1-3-15(19)7-12-23(20)28(24)18-10-11-22(27)21(13-18)25(29)30/h1-14H,(H,29,30). The highest BCUT2D eigenvalue weighted by molar-refractivity contribution is 6.33. The fourth-order valence-corrected chi connectivity index (χ4v) is 4.21. The molecule has 0 radical (unpaired) electrons. The van der Waals surface area contributed by atoms with Gasteiger partial charge in [-0.2, -0.15) is 0 Å². The topological polar surface area (TPSA) is 42.2 Å². The summed E-state index contributed by atoms with van der Waals surface area (Å²) >= 11 is 12.2. The second kappa shape index (κ2) is 7.21. The van der Waals surface area contributed by atoms with Crippen LogP contribution in [0.5, 0.6) is 0 Å². The Morgan fingerprint density at radius 1 is 0.800 bits per heavy atom. The zero-order valence-corrected chi connectivity index (χ0v) is 17.2. The minimum atomic E-state index is -1.06.